The molecule has 1 aromatic heterocycles. The Kier molecular flexibility index (Phi) is 9.07. The lowest BCUT2D eigenvalue weighted by atomic mass is 9.75. The van der Waals surface area contributed by atoms with Crippen molar-refractivity contribution in [3.8, 4) is 5.75 Å². The van der Waals surface area contributed by atoms with Crippen molar-refractivity contribution in [3.63, 3.8) is 0 Å². The molecule has 3 aromatic carbocycles. The van der Waals surface area contributed by atoms with Crippen molar-refractivity contribution in [1.82, 2.24) is 0 Å². The number of thiophene rings is 1. The normalized spacial score (nSPS) is 24.6. The van der Waals surface area contributed by atoms with Gasteiger partial charge in [-0.2, -0.15) is 0 Å². The maximum atomic E-state index is 6.60. The molecule has 3 heteroatoms. The molecule has 282 valence electrons. The third kappa shape index (κ3) is 6.23. The average Bonchev–Trinajstić information content (AvgIpc) is 3.87. The zero-order valence-electron chi connectivity index (χ0n) is 32.6. The summed E-state index contributed by atoms with van der Waals surface area (Å²) in [5.41, 5.74) is 12.4. The van der Waals surface area contributed by atoms with Crippen LogP contribution in [0.2, 0.25) is 0 Å². The summed E-state index contributed by atoms with van der Waals surface area (Å²) in [7, 11) is 0. The van der Waals surface area contributed by atoms with Gasteiger partial charge in [-0.3, -0.25) is 0 Å². The highest BCUT2D eigenvalue weighted by Gasteiger charge is 2.35. The maximum Gasteiger partial charge on any atom is 0.130 e. The highest BCUT2D eigenvalue weighted by molar-refractivity contribution is 7.17. The lowest BCUT2D eigenvalue weighted by Crippen LogP contribution is -2.40. The Balaban J connectivity index is 0.998. The minimum absolute atomic E-state index is 0.221. The lowest BCUT2D eigenvalue weighted by Gasteiger charge is -2.37. The third-order valence-corrected chi connectivity index (χ3v) is 14.6. The second-order valence-corrected chi connectivity index (χ2v) is 17.6. The van der Waals surface area contributed by atoms with Crippen molar-refractivity contribution in [2.24, 2.45) is 11.8 Å². The standard InChI is InChI=1S/C54H49NOS/c1-3-14-36(15-4-1)42-18-7-8-19-43(42)38-28-32-40(33-29-38)55(41-34-30-39(31-35-41)44-21-11-23-47-46-20-9-10-27-51(46)56-52(44)47)50-26-13-25-49-48-24-12-22-45(53(48)57-54(49)50)37-16-5-2-6-17-37/h3,5,7-10,12,14-20,22,24-25,27-32,34-35,40,42-43,47H,1-2,4,6,11,13,21,23,26,33H2. The van der Waals surface area contributed by atoms with E-state index in [-0.39, 0.29) is 6.04 Å². The van der Waals surface area contributed by atoms with E-state index in [9.17, 15) is 0 Å². The first kappa shape index (κ1) is 34.8. The molecule has 0 fully saturated rings. The molecule has 4 unspecified atom stereocenters. The van der Waals surface area contributed by atoms with E-state index in [1.807, 2.05) is 11.3 Å². The minimum Gasteiger partial charge on any atom is -0.460 e. The summed E-state index contributed by atoms with van der Waals surface area (Å²) in [6.45, 7) is 0. The number of para-hydroxylation sites is 1. The molecule has 2 nitrogen and oxygen atoms in total. The molecule has 0 radical (unpaired) electrons. The molecule has 57 heavy (non-hydrogen) atoms. The Morgan fingerprint density at radius 1 is 0.684 bits per heavy atom. The summed E-state index contributed by atoms with van der Waals surface area (Å²) in [5.74, 6) is 3.34. The predicted molar refractivity (Wildman–Crippen MR) is 241 cm³/mol. The van der Waals surface area contributed by atoms with Gasteiger partial charge in [-0.25, -0.2) is 0 Å². The Hall–Kier alpha value is -5.38. The van der Waals surface area contributed by atoms with Crippen LogP contribution in [0, 0.1) is 11.8 Å². The molecule has 0 spiro atoms. The predicted octanol–water partition coefficient (Wildman–Crippen LogP) is 12.8. The number of ether oxygens (including phenoxy) is 1. The third-order valence-electron chi connectivity index (χ3n) is 13.3. The molecule has 4 atom stereocenters. The zero-order valence-corrected chi connectivity index (χ0v) is 33.4. The van der Waals surface area contributed by atoms with Crippen LogP contribution in [-0.2, 0) is 0 Å². The average molecular weight is 760 g/mol. The summed E-state index contributed by atoms with van der Waals surface area (Å²) >= 11 is 2.01. The van der Waals surface area contributed by atoms with Crippen molar-refractivity contribution >= 4 is 50.0 Å². The largest absolute Gasteiger partial charge is 0.460 e. The van der Waals surface area contributed by atoms with Crippen LogP contribution in [0.5, 0.6) is 5.75 Å². The lowest BCUT2D eigenvalue weighted by molar-refractivity contribution is 0.409. The molecule has 6 aliphatic carbocycles. The van der Waals surface area contributed by atoms with Crippen molar-refractivity contribution in [2.75, 3.05) is 4.90 Å². The van der Waals surface area contributed by atoms with Crippen LogP contribution in [0.25, 0.3) is 33.0 Å². The van der Waals surface area contributed by atoms with E-state index < -0.39 is 0 Å². The molecule has 0 N–H and O–H groups in total. The molecule has 11 rings (SSSR count). The van der Waals surface area contributed by atoms with Gasteiger partial charge in [0.25, 0.3) is 0 Å². The first-order valence-electron chi connectivity index (χ1n) is 21.4. The van der Waals surface area contributed by atoms with Crippen LogP contribution in [0.1, 0.15) is 86.8 Å². The Morgan fingerprint density at radius 3 is 2.30 bits per heavy atom. The smallest absolute Gasteiger partial charge is 0.130 e. The summed E-state index contributed by atoms with van der Waals surface area (Å²) in [4.78, 5) is 2.71. The highest BCUT2D eigenvalue weighted by Crippen LogP contribution is 2.50. The monoisotopic (exact) mass is 759 g/mol. The van der Waals surface area contributed by atoms with Gasteiger partial charge in [-0.05, 0) is 121 Å². The summed E-state index contributed by atoms with van der Waals surface area (Å²) in [6, 6.07) is 25.4. The maximum absolute atomic E-state index is 6.60. The van der Waals surface area contributed by atoms with Crippen LogP contribution in [0.3, 0.4) is 0 Å². The summed E-state index contributed by atoms with van der Waals surface area (Å²) in [6.07, 6.45) is 44.6. The Bertz CT molecular complexity index is 2680. The van der Waals surface area contributed by atoms with Crippen molar-refractivity contribution < 1.29 is 4.74 Å². The summed E-state index contributed by atoms with van der Waals surface area (Å²) < 4.78 is 9.45. The first-order chi connectivity index (χ1) is 28.3. The Labute approximate surface area is 341 Å². The van der Waals surface area contributed by atoms with E-state index in [1.54, 1.807) is 0 Å². The van der Waals surface area contributed by atoms with Gasteiger partial charge in [0.15, 0.2) is 0 Å². The number of hydrogen-bond acceptors (Lipinski definition) is 3. The zero-order chi connectivity index (χ0) is 37.7. The van der Waals surface area contributed by atoms with Gasteiger partial charge >= 0.3 is 0 Å². The minimum atomic E-state index is 0.221. The molecule has 2 heterocycles. The molecule has 7 aliphatic rings. The number of fused-ring (bicyclic) bond motifs is 6. The molecular weight excluding hydrogens is 711 g/mol. The van der Waals surface area contributed by atoms with Gasteiger partial charge in [0.1, 0.15) is 11.5 Å². The highest BCUT2D eigenvalue weighted by atomic mass is 32.1. The van der Waals surface area contributed by atoms with Gasteiger partial charge in [0, 0.05) is 44.8 Å². The fourth-order valence-electron chi connectivity index (χ4n) is 10.5. The number of anilines is 1. The topological polar surface area (TPSA) is 12.5 Å². The quantitative estimate of drug-likeness (QED) is 0.186. The number of rotatable bonds is 7. The van der Waals surface area contributed by atoms with E-state index in [2.05, 4.69) is 157 Å². The first-order valence-corrected chi connectivity index (χ1v) is 22.2. The fraction of sp³-hybridized carbons (Fsp3) is 0.259. The van der Waals surface area contributed by atoms with Crippen LogP contribution in [0.4, 0.5) is 5.69 Å². The SMILES string of the molecule is C1=CC(C2=CCCC=C2)C(C2=CCC(N(C3=c4sc5c(C6=CCCC=C6)cccc5c4=CCC3)c3ccc(C4=C5Oc6ccccc6C5CCC4)cc3)C=C2)C=C1. The second kappa shape index (κ2) is 14.8. The molecule has 0 amide bonds. The van der Waals surface area contributed by atoms with Crippen LogP contribution >= 0.6 is 11.3 Å². The van der Waals surface area contributed by atoms with Crippen LogP contribution in [-0.4, -0.2) is 6.04 Å². The van der Waals surface area contributed by atoms with Gasteiger partial charge in [0.05, 0.1) is 10.6 Å². The molecular formula is C54H49NOS. The van der Waals surface area contributed by atoms with E-state index in [0.29, 0.717) is 17.8 Å². The van der Waals surface area contributed by atoms with E-state index in [0.717, 1.165) is 63.5 Å². The molecule has 0 bridgehead atoms. The second-order valence-electron chi connectivity index (χ2n) is 16.6. The molecule has 0 saturated carbocycles. The van der Waals surface area contributed by atoms with E-state index >= 15 is 0 Å². The summed E-state index contributed by atoms with van der Waals surface area (Å²) in [5, 5.41) is 2.82. The Morgan fingerprint density at radius 2 is 1.51 bits per heavy atom. The van der Waals surface area contributed by atoms with Gasteiger partial charge in [-0.15, -0.1) is 11.3 Å². The van der Waals surface area contributed by atoms with Gasteiger partial charge in [-0.1, -0.05) is 134 Å². The van der Waals surface area contributed by atoms with Gasteiger partial charge in [0.2, 0.25) is 0 Å². The molecule has 1 aliphatic heterocycles. The van der Waals surface area contributed by atoms with Crippen molar-refractivity contribution in [3.05, 3.63) is 189 Å². The van der Waals surface area contributed by atoms with Crippen molar-refractivity contribution in [1.29, 1.82) is 0 Å². The van der Waals surface area contributed by atoms with E-state index in [4.69, 9.17) is 4.74 Å². The fourth-order valence-corrected chi connectivity index (χ4v) is 11.9. The molecule has 0 saturated heterocycles. The number of hydrogen-bond donors (Lipinski definition) is 0. The van der Waals surface area contributed by atoms with E-state index in [1.165, 1.54) is 82.4 Å². The van der Waals surface area contributed by atoms with Gasteiger partial charge < -0.3 is 9.64 Å². The number of benzene rings is 3. The number of nitrogens with zero attached hydrogens (tertiary/aromatic N) is 1. The van der Waals surface area contributed by atoms with Crippen LogP contribution < -0.4 is 19.4 Å². The molecule has 4 aromatic rings. The number of allylic oxidation sites excluding steroid dienone is 16. The van der Waals surface area contributed by atoms with Crippen LogP contribution in [0.15, 0.2) is 163 Å². The van der Waals surface area contributed by atoms with Crippen molar-refractivity contribution in [2.45, 2.75) is 76.2 Å².